The Kier molecular flexibility index (Phi) is 8.54. The topological polar surface area (TPSA) is 85.9 Å². The maximum atomic E-state index is 12.6. The van der Waals surface area contributed by atoms with Gasteiger partial charge in [0.15, 0.2) is 6.10 Å². The predicted molar refractivity (Wildman–Crippen MR) is 107 cm³/mol. The quantitative estimate of drug-likeness (QED) is 0.326. The Morgan fingerprint density at radius 3 is 1.93 bits per heavy atom. The van der Waals surface area contributed by atoms with Crippen LogP contribution in [0.15, 0.2) is 48.5 Å². The van der Waals surface area contributed by atoms with Crippen molar-refractivity contribution in [3.63, 3.8) is 0 Å². The molecule has 0 radical (unpaired) electrons. The summed E-state index contributed by atoms with van der Waals surface area (Å²) in [7, 11) is 2.97. The van der Waals surface area contributed by atoms with Crippen LogP contribution in [0.2, 0.25) is 0 Å². The number of ether oxygens (including phenoxy) is 3. The second-order valence-corrected chi connectivity index (χ2v) is 7.32. The molecule has 12 heteroatoms. The Labute approximate surface area is 178 Å². The number of carbonyl (C=O) groups excluding carboxylic acids is 2. The first-order chi connectivity index (χ1) is 14.2. The fourth-order valence-corrected chi connectivity index (χ4v) is 3.12. The number of alkyl halides is 3. The second-order valence-electron chi connectivity index (χ2n) is 5.58. The third-order valence-corrected chi connectivity index (χ3v) is 4.79. The zero-order valence-electron chi connectivity index (χ0n) is 15.7. The standard InChI is InChI=1S/C18H17F3N2O5S2/c1-11(16(24)22-29-30-23-17(25)26-2)27-13-7-9-15(10-8-13)28-14-5-3-12(4-6-14)18(19,20)21/h3-11H,1-2H3,(H,22,24)(H,23,25). The van der Waals surface area contributed by atoms with Crippen LogP contribution in [-0.2, 0) is 15.7 Å². The van der Waals surface area contributed by atoms with E-state index in [9.17, 15) is 22.8 Å². The molecule has 0 fully saturated rings. The molecule has 0 saturated heterocycles. The number of nitrogens with one attached hydrogen (secondary N) is 2. The molecular weight excluding hydrogens is 445 g/mol. The molecule has 0 aliphatic rings. The summed E-state index contributed by atoms with van der Waals surface area (Å²) in [5.74, 6) is 0.603. The lowest BCUT2D eigenvalue weighted by atomic mass is 10.2. The normalized spacial score (nSPS) is 11.9. The van der Waals surface area contributed by atoms with E-state index in [0.717, 1.165) is 34.1 Å². The second kappa shape index (κ2) is 10.9. The molecule has 0 heterocycles. The number of amides is 2. The van der Waals surface area contributed by atoms with Gasteiger partial charge in [-0.05, 0) is 55.5 Å². The third-order valence-electron chi connectivity index (χ3n) is 3.42. The van der Waals surface area contributed by atoms with Crippen LogP contribution in [0.3, 0.4) is 0 Å². The molecule has 2 amide bonds. The number of benzene rings is 2. The molecule has 2 N–H and O–H groups in total. The van der Waals surface area contributed by atoms with Crippen LogP contribution in [0.25, 0.3) is 0 Å². The van der Waals surface area contributed by atoms with E-state index in [2.05, 4.69) is 14.2 Å². The third kappa shape index (κ3) is 7.59. The van der Waals surface area contributed by atoms with Gasteiger partial charge in [0.1, 0.15) is 17.2 Å². The molecule has 30 heavy (non-hydrogen) atoms. The Morgan fingerprint density at radius 2 is 1.40 bits per heavy atom. The molecule has 2 aromatic carbocycles. The Morgan fingerprint density at radius 1 is 0.900 bits per heavy atom. The fraction of sp³-hybridized carbons (Fsp3) is 0.222. The van der Waals surface area contributed by atoms with Crippen LogP contribution in [-0.4, -0.2) is 25.2 Å². The highest BCUT2D eigenvalue weighted by Crippen LogP contribution is 2.31. The van der Waals surface area contributed by atoms with E-state index >= 15 is 0 Å². The maximum Gasteiger partial charge on any atom is 0.417 e. The summed E-state index contributed by atoms with van der Waals surface area (Å²) < 4.78 is 57.9. The number of halogens is 3. The van der Waals surface area contributed by atoms with Gasteiger partial charge in [-0.2, -0.15) is 13.2 Å². The molecule has 0 aromatic heterocycles. The van der Waals surface area contributed by atoms with E-state index in [-0.39, 0.29) is 5.75 Å². The molecule has 7 nitrogen and oxygen atoms in total. The zero-order valence-corrected chi connectivity index (χ0v) is 17.3. The van der Waals surface area contributed by atoms with E-state index < -0.39 is 29.8 Å². The molecule has 0 aliphatic heterocycles. The minimum atomic E-state index is -4.41. The van der Waals surface area contributed by atoms with E-state index in [1.54, 1.807) is 31.2 Å². The highest BCUT2D eigenvalue weighted by Gasteiger charge is 2.30. The summed E-state index contributed by atoms with van der Waals surface area (Å²) in [6, 6.07) is 10.6. The molecule has 0 spiro atoms. The Hall–Kier alpha value is -2.73. The van der Waals surface area contributed by atoms with Crippen molar-refractivity contribution >= 4 is 34.0 Å². The molecule has 0 aliphatic carbocycles. The average molecular weight is 462 g/mol. The maximum absolute atomic E-state index is 12.6. The average Bonchev–Trinajstić information content (AvgIpc) is 2.72. The number of hydrogen-bond donors (Lipinski definition) is 2. The van der Waals surface area contributed by atoms with Crippen LogP contribution in [0.5, 0.6) is 17.2 Å². The molecule has 162 valence electrons. The van der Waals surface area contributed by atoms with Crippen molar-refractivity contribution < 1.29 is 37.0 Å². The Balaban J connectivity index is 1.82. The van der Waals surface area contributed by atoms with Crippen molar-refractivity contribution in [2.45, 2.75) is 19.2 Å². The van der Waals surface area contributed by atoms with E-state index in [1.807, 2.05) is 0 Å². The van der Waals surface area contributed by atoms with Crippen LogP contribution in [0.1, 0.15) is 12.5 Å². The highest BCUT2D eigenvalue weighted by molar-refractivity contribution is 8.75. The minimum absolute atomic E-state index is 0.250. The lowest BCUT2D eigenvalue weighted by Gasteiger charge is -2.14. The number of rotatable bonds is 8. The molecule has 2 aromatic rings. The number of carbonyl (C=O) groups is 2. The van der Waals surface area contributed by atoms with Crippen molar-refractivity contribution in [1.82, 2.24) is 9.44 Å². The van der Waals surface area contributed by atoms with Crippen molar-refractivity contribution in [1.29, 1.82) is 0 Å². The van der Waals surface area contributed by atoms with Gasteiger partial charge in [0, 0.05) is 22.0 Å². The first-order valence-corrected chi connectivity index (χ1v) is 10.4. The monoisotopic (exact) mass is 462 g/mol. The lowest BCUT2D eigenvalue weighted by Crippen LogP contribution is -2.32. The summed E-state index contributed by atoms with van der Waals surface area (Å²) in [4.78, 5) is 22.8. The molecule has 1 unspecified atom stereocenters. The molecular formula is C18H17F3N2O5S2. The van der Waals surface area contributed by atoms with Crippen molar-refractivity contribution in [2.24, 2.45) is 0 Å². The summed E-state index contributed by atoms with van der Waals surface area (Å²) in [5, 5.41) is 0. The molecule has 0 saturated carbocycles. The van der Waals surface area contributed by atoms with Crippen molar-refractivity contribution in [2.75, 3.05) is 7.11 Å². The summed E-state index contributed by atoms with van der Waals surface area (Å²) in [6.07, 6.45) is -5.88. The van der Waals surface area contributed by atoms with Gasteiger partial charge in [0.2, 0.25) is 0 Å². The van der Waals surface area contributed by atoms with Crippen LogP contribution >= 0.6 is 22.0 Å². The van der Waals surface area contributed by atoms with Crippen LogP contribution < -0.4 is 18.9 Å². The molecule has 0 bridgehead atoms. The van der Waals surface area contributed by atoms with Gasteiger partial charge in [-0.15, -0.1) is 0 Å². The minimum Gasteiger partial charge on any atom is -0.481 e. The highest BCUT2D eigenvalue weighted by atomic mass is 33.1. The van der Waals surface area contributed by atoms with E-state index in [4.69, 9.17) is 9.47 Å². The molecule has 2 rings (SSSR count). The van der Waals surface area contributed by atoms with Gasteiger partial charge in [0.05, 0.1) is 12.7 Å². The molecule has 1 atom stereocenters. The number of methoxy groups -OCH3 is 1. The Bertz CT molecular complexity index is 848. The fourth-order valence-electron chi connectivity index (χ4n) is 1.93. The van der Waals surface area contributed by atoms with Crippen molar-refractivity contribution in [3.8, 4) is 17.2 Å². The van der Waals surface area contributed by atoms with Gasteiger partial charge in [-0.25, -0.2) is 4.79 Å². The van der Waals surface area contributed by atoms with Crippen LogP contribution in [0.4, 0.5) is 18.0 Å². The summed E-state index contributed by atoms with van der Waals surface area (Å²) >= 11 is 0. The lowest BCUT2D eigenvalue weighted by molar-refractivity contribution is -0.137. The van der Waals surface area contributed by atoms with E-state index in [1.165, 1.54) is 19.2 Å². The first kappa shape index (κ1) is 23.5. The summed E-state index contributed by atoms with van der Waals surface area (Å²) in [6.45, 7) is 1.54. The smallest absolute Gasteiger partial charge is 0.417 e. The van der Waals surface area contributed by atoms with Gasteiger partial charge in [-0.1, -0.05) is 0 Å². The number of hydrogen-bond acceptors (Lipinski definition) is 7. The van der Waals surface area contributed by atoms with E-state index in [0.29, 0.717) is 11.5 Å². The van der Waals surface area contributed by atoms with Gasteiger partial charge >= 0.3 is 12.3 Å². The van der Waals surface area contributed by atoms with Gasteiger partial charge in [0.25, 0.3) is 5.91 Å². The first-order valence-electron chi connectivity index (χ1n) is 8.27. The largest absolute Gasteiger partial charge is 0.481 e. The van der Waals surface area contributed by atoms with Crippen molar-refractivity contribution in [3.05, 3.63) is 54.1 Å². The SMILES string of the molecule is COC(=O)NSSNC(=O)C(C)Oc1ccc(Oc2ccc(C(F)(F)F)cc2)cc1. The van der Waals surface area contributed by atoms with Crippen LogP contribution in [0, 0.1) is 0 Å². The zero-order chi connectivity index (χ0) is 22.1. The predicted octanol–water partition coefficient (Wildman–Crippen LogP) is 4.95. The van der Waals surface area contributed by atoms with Gasteiger partial charge < -0.3 is 14.2 Å². The summed E-state index contributed by atoms with van der Waals surface area (Å²) in [5.41, 5.74) is -0.761. The van der Waals surface area contributed by atoms with Gasteiger partial charge in [-0.3, -0.25) is 14.2 Å².